The molecule has 2 aliphatic rings. The molecule has 0 unspecified atom stereocenters. The number of ether oxygens (including phenoxy) is 2. The predicted octanol–water partition coefficient (Wildman–Crippen LogP) is 3.97. The van der Waals surface area contributed by atoms with E-state index in [0.717, 1.165) is 16.8 Å². The van der Waals surface area contributed by atoms with E-state index in [4.69, 9.17) is 14.6 Å². The number of piperidine rings is 1. The maximum atomic E-state index is 13.5. The maximum Gasteiger partial charge on any atom is 0.272 e. The fraction of sp³-hybridized carbons (Fsp3) is 0.333. The van der Waals surface area contributed by atoms with Crippen molar-refractivity contribution in [3.8, 4) is 16.9 Å². The van der Waals surface area contributed by atoms with E-state index in [-0.39, 0.29) is 11.7 Å². The van der Waals surface area contributed by atoms with Gasteiger partial charge in [-0.2, -0.15) is 5.10 Å². The van der Waals surface area contributed by atoms with E-state index in [1.807, 2.05) is 36.1 Å². The molecule has 2 saturated heterocycles. The molecule has 160 valence electrons. The summed E-state index contributed by atoms with van der Waals surface area (Å²) in [6, 6.07) is 15.8. The highest BCUT2D eigenvalue weighted by Crippen LogP contribution is 2.32. The van der Waals surface area contributed by atoms with Gasteiger partial charge < -0.3 is 14.4 Å². The van der Waals surface area contributed by atoms with Crippen molar-refractivity contribution in [2.24, 2.45) is 0 Å². The van der Waals surface area contributed by atoms with Gasteiger partial charge >= 0.3 is 0 Å². The number of rotatable bonds is 3. The van der Waals surface area contributed by atoms with Gasteiger partial charge in [-0.1, -0.05) is 12.1 Å². The quantitative estimate of drug-likeness (QED) is 0.642. The predicted molar refractivity (Wildman–Crippen MR) is 113 cm³/mol. The highest BCUT2D eigenvalue weighted by molar-refractivity contribution is 5.94. The minimum atomic E-state index is -0.535. The Morgan fingerprint density at radius 3 is 2.42 bits per heavy atom. The lowest BCUT2D eigenvalue weighted by Crippen LogP contribution is -2.47. The molecule has 0 bridgehead atoms. The zero-order valence-electron chi connectivity index (χ0n) is 17.4. The van der Waals surface area contributed by atoms with Crippen molar-refractivity contribution in [1.29, 1.82) is 0 Å². The average molecular weight is 421 g/mol. The van der Waals surface area contributed by atoms with Crippen molar-refractivity contribution < 1.29 is 18.7 Å². The average Bonchev–Trinajstić information content (AvgIpc) is 3.42. The SMILES string of the molecule is Cc1cccc(-n2nc(-c3ccc(F)cc3)cc2C(=O)N2CCC3(CC2)OCCO3)c1. The molecule has 1 spiro atoms. The number of hydrogen-bond acceptors (Lipinski definition) is 4. The summed E-state index contributed by atoms with van der Waals surface area (Å²) in [5.74, 6) is -0.931. The second-order valence-corrected chi connectivity index (χ2v) is 8.07. The molecule has 3 aromatic rings. The lowest BCUT2D eigenvalue weighted by atomic mass is 10.0. The van der Waals surface area contributed by atoms with E-state index in [0.29, 0.717) is 50.5 Å². The molecular formula is C24H24FN3O3. The maximum absolute atomic E-state index is 13.5. The van der Waals surface area contributed by atoms with Crippen LogP contribution in [0.1, 0.15) is 28.9 Å². The van der Waals surface area contributed by atoms with Crippen LogP contribution >= 0.6 is 0 Å². The van der Waals surface area contributed by atoms with Crippen LogP contribution in [0.4, 0.5) is 4.39 Å². The van der Waals surface area contributed by atoms with Gasteiger partial charge in [0.05, 0.1) is 24.6 Å². The second-order valence-electron chi connectivity index (χ2n) is 8.07. The van der Waals surface area contributed by atoms with E-state index >= 15 is 0 Å². The van der Waals surface area contributed by atoms with Crippen LogP contribution in [0.15, 0.2) is 54.6 Å². The Morgan fingerprint density at radius 2 is 1.74 bits per heavy atom. The number of halogens is 1. The summed E-state index contributed by atoms with van der Waals surface area (Å²) in [5.41, 5.74) is 3.75. The number of benzene rings is 2. The number of carbonyl (C=O) groups excluding carboxylic acids is 1. The van der Waals surface area contributed by atoms with Gasteiger partial charge in [-0.05, 0) is 55.0 Å². The van der Waals surface area contributed by atoms with Crippen LogP contribution < -0.4 is 0 Å². The minimum Gasteiger partial charge on any atom is -0.347 e. The Balaban J connectivity index is 1.49. The Morgan fingerprint density at radius 1 is 1.03 bits per heavy atom. The topological polar surface area (TPSA) is 56.6 Å². The van der Waals surface area contributed by atoms with Gasteiger partial charge in [0.1, 0.15) is 11.5 Å². The van der Waals surface area contributed by atoms with Crippen molar-refractivity contribution in [1.82, 2.24) is 14.7 Å². The molecule has 1 amide bonds. The molecular weight excluding hydrogens is 397 g/mol. The first-order valence-corrected chi connectivity index (χ1v) is 10.5. The van der Waals surface area contributed by atoms with Crippen LogP contribution in [-0.2, 0) is 9.47 Å². The van der Waals surface area contributed by atoms with E-state index in [1.54, 1.807) is 22.9 Å². The summed E-state index contributed by atoms with van der Waals surface area (Å²) in [7, 11) is 0. The van der Waals surface area contributed by atoms with Crippen LogP contribution in [0.2, 0.25) is 0 Å². The number of hydrogen-bond donors (Lipinski definition) is 0. The van der Waals surface area contributed by atoms with Gasteiger partial charge in [-0.3, -0.25) is 4.79 Å². The summed E-state index contributed by atoms with van der Waals surface area (Å²) >= 11 is 0. The fourth-order valence-electron chi connectivity index (χ4n) is 4.25. The van der Waals surface area contributed by atoms with Crippen LogP contribution in [-0.4, -0.2) is 52.7 Å². The highest BCUT2D eigenvalue weighted by atomic mass is 19.1. The standard InChI is InChI=1S/C24H24FN3O3/c1-17-3-2-4-20(15-17)28-22(16-21(26-28)18-5-7-19(25)8-6-18)23(29)27-11-9-24(10-12-27)30-13-14-31-24/h2-8,15-16H,9-14H2,1H3. The molecule has 31 heavy (non-hydrogen) atoms. The van der Waals surface area contributed by atoms with Gasteiger partial charge in [0.2, 0.25) is 0 Å². The van der Waals surface area contributed by atoms with E-state index in [9.17, 15) is 9.18 Å². The normalized spacial score (nSPS) is 17.9. The van der Waals surface area contributed by atoms with Gasteiger partial charge in [-0.15, -0.1) is 0 Å². The molecule has 0 N–H and O–H groups in total. The van der Waals surface area contributed by atoms with Crippen LogP contribution in [0.25, 0.3) is 16.9 Å². The third-order valence-corrected chi connectivity index (χ3v) is 5.94. The number of amides is 1. The van der Waals surface area contributed by atoms with Crippen LogP contribution in [0.5, 0.6) is 0 Å². The number of likely N-dealkylation sites (tertiary alicyclic amines) is 1. The molecule has 0 saturated carbocycles. The van der Waals surface area contributed by atoms with Crippen LogP contribution in [0.3, 0.4) is 0 Å². The van der Waals surface area contributed by atoms with E-state index < -0.39 is 5.79 Å². The van der Waals surface area contributed by atoms with Gasteiger partial charge in [0.15, 0.2) is 5.79 Å². The Bertz CT molecular complexity index is 1090. The first-order valence-electron chi connectivity index (χ1n) is 10.5. The Hall–Kier alpha value is -3.03. The van der Waals surface area contributed by atoms with Crippen LogP contribution in [0, 0.1) is 12.7 Å². The zero-order chi connectivity index (χ0) is 21.4. The van der Waals surface area contributed by atoms with Gasteiger partial charge in [0.25, 0.3) is 5.91 Å². The molecule has 2 aromatic carbocycles. The lowest BCUT2D eigenvalue weighted by molar-refractivity contribution is -0.181. The second kappa shape index (κ2) is 7.90. The van der Waals surface area contributed by atoms with E-state index in [2.05, 4.69) is 0 Å². The number of aryl methyl sites for hydroxylation is 1. The molecule has 5 rings (SSSR count). The Kier molecular flexibility index (Phi) is 5.08. The van der Waals surface area contributed by atoms with E-state index in [1.165, 1.54) is 12.1 Å². The summed E-state index contributed by atoms with van der Waals surface area (Å²) in [6.07, 6.45) is 1.31. The molecule has 0 aliphatic carbocycles. The molecule has 0 atom stereocenters. The number of aromatic nitrogens is 2. The molecule has 2 aliphatic heterocycles. The van der Waals surface area contributed by atoms with Crippen molar-refractivity contribution in [2.45, 2.75) is 25.6 Å². The summed E-state index contributed by atoms with van der Waals surface area (Å²) in [4.78, 5) is 15.3. The molecule has 7 heteroatoms. The summed E-state index contributed by atoms with van der Waals surface area (Å²) < 4.78 is 26.6. The first kappa shape index (κ1) is 19.9. The van der Waals surface area contributed by atoms with Crippen molar-refractivity contribution >= 4 is 5.91 Å². The minimum absolute atomic E-state index is 0.0878. The lowest BCUT2D eigenvalue weighted by Gasteiger charge is -2.37. The zero-order valence-corrected chi connectivity index (χ0v) is 17.4. The smallest absolute Gasteiger partial charge is 0.272 e. The first-order chi connectivity index (χ1) is 15.0. The van der Waals surface area contributed by atoms with Crippen molar-refractivity contribution in [3.63, 3.8) is 0 Å². The molecule has 3 heterocycles. The molecule has 0 radical (unpaired) electrons. The van der Waals surface area contributed by atoms with Gasteiger partial charge in [-0.25, -0.2) is 9.07 Å². The third kappa shape index (κ3) is 3.86. The summed E-state index contributed by atoms with van der Waals surface area (Å²) in [5, 5.41) is 4.71. The monoisotopic (exact) mass is 421 g/mol. The van der Waals surface area contributed by atoms with Gasteiger partial charge in [0, 0.05) is 31.5 Å². The fourth-order valence-corrected chi connectivity index (χ4v) is 4.25. The summed E-state index contributed by atoms with van der Waals surface area (Å²) in [6.45, 7) is 4.33. The largest absolute Gasteiger partial charge is 0.347 e. The molecule has 1 aromatic heterocycles. The van der Waals surface area contributed by atoms with Crippen molar-refractivity contribution in [3.05, 3.63) is 71.7 Å². The number of nitrogens with zero attached hydrogens (tertiary/aromatic N) is 3. The molecule has 6 nitrogen and oxygen atoms in total. The highest BCUT2D eigenvalue weighted by Gasteiger charge is 2.41. The van der Waals surface area contributed by atoms with Crippen molar-refractivity contribution in [2.75, 3.05) is 26.3 Å². The molecule has 2 fully saturated rings. The third-order valence-electron chi connectivity index (χ3n) is 5.94. The number of carbonyl (C=O) groups is 1. The Labute approximate surface area is 180 Å².